The minimum absolute atomic E-state index is 0.238. The number of benzene rings is 1. The van der Waals surface area contributed by atoms with Crippen molar-refractivity contribution in [2.75, 3.05) is 49.5 Å². The predicted octanol–water partition coefficient (Wildman–Crippen LogP) is 3.53. The minimum atomic E-state index is -0.481. The van der Waals surface area contributed by atoms with E-state index in [1.807, 2.05) is 29.2 Å². The van der Waals surface area contributed by atoms with Gasteiger partial charge in [-0.3, -0.25) is 4.79 Å². The third-order valence-electron chi connectivity index (χ3n) is 7.33. The Hall–Kier alpha value is -2.64. The normalized spacial score (nSPS) is 22.5. The summed E-state index contributed by atoms with van der Waals surface area (Å²) in [5, 5.41) is 7.43. The standard InChI is InChI=1S/C25H31ClN6O/c1-17-15-18(2)30-22-21(17)23(29-16-28-22)31-11-13-32(14-12-31)24(33)25(7-9-27-10-8-25)19-3-5-20(26)6-4-19/h3-6,16-17,27H,2,7-15H2,1H3,(H,28,29,30)/t17-/m1/s1. The molecule has 0 spiro atoms. The smallest absolute Gasteiger partial charge is 0.233 e. The van der Waals surface area contributed by atoms with Crippen molar-refractivity contribution in [3.05, 3.63) is 59.0 Å². The third kappa shape index (κ3) is 4.08. The molecule has 2 saturated heterocycles. The van der Waals surface area contributed by atoms with Crippen molar-refractivity contribution in [3.63, 3.8) is 0 Å². The highest BCUT2D eigenvalue weighted by molar-refractivity contribution is 6.30. The Bertz CT molecular complexity index is 1040. The molecule has 1 aromatic carbocycles. The van der Waals surface area contributed by atoms with E-state index in [-0.39, 0.29) is 5.91 Å². The molecular weight excluding hydrogens is 436 g/mol. The summed E-state index contributed by atoms with van der Waals surface area (Å²) in [5.41, 5.74) is 2.74. The highest BCUT2D eigenvalue weighted by Gasteiger charge is 2.44. The van der Waals surface area contributed by atoms with Gasteiger partial charge < -0.3 is 20.4 Å². The molecule has 174 valence electrons. The van der Waals surface area contributed by atoms with Crippen LogP contribution in [0.4, 0.5) is 11.6 Å². The van der Waals surface area contributed by atoms with Crippen LogP contribution in [0.3, 0.4) is 0 Å². The SMILES string of the molecule is C=C1C[C@@H](C)c2c(ncnc2N2CCN(C(=O)C3(c4ccc(Cl)cc4)CCNCC3)CC2)N1. The lowest BCUT2D eigenvalue weighted by atomic mass is 9.72. The second kappa shape index (κ2) is 8.95. The number of allylic oxidation sites excluding steroid dienone is 1. The first-order valence-electron chi connectivity index (χ1n) is 11.8. The first-order valence-corrected chi connectivity index (χ1v) is 12.2. The van der Waals surface area contributed by atoms with Gasteiger partial charge in [0.25, 0.3) is 0 Å². The van der Waals surface area contributed by atoms with Crippen molar-refractivity contribution >= 4 is 29.1 Å². The number of fused-ring (bicyclic) bond motifs is 1. The van der Waals surface area contributed by atoms with Gasteiger partial charge in [0, 0.05) is 42.5 Å². The number of piperazine rings is 1. The molecule has 1 atom stereocenters. The van der Waals surface area contributed by atoms with Crippen molar-refractivity contribution in [3.8, 4) is 0 Å². The van der Waals surface area contributed by atoms with E-state index in [0.29, 0.717) is 24.0 Å². The zero-order valence-corrected chi connectivity index (χ0v) is 19.9. The van der Waals surface area contributed by atoms with Crippen LogP contribution in [0.1, 0.15) is 43.2 Å². The van der Waals surface area contributed by atoms with Crippen LogP contribution in [0.5, 0.6) is 0 Å². The number of aromatic nitrogens is 2. The second-order valence-corrected chi connectivity index (χ2v) is 9.85. The zero-order chi connectivity index (χ0) is 23.0. The molecule has 4 heterocycles. The third-order valence-corrected chi connectivity index (χ3v) is 7.59. The summed E-state index contributed by atoms with van der Waals surface area (Å²) < 4.78 is 0. The van der Waals surface area contributed by atoms with E-state index >= 15 is 0 Å². The number of amides is 1. The summed E-state index contributed by atoms with van der Waals surface area (Å²) in [6.07, 6.45) is 4.11. The molecule has 2 N–H and O–H groups in total. The Balaban J connectivity index is 1.35. The number of hydrogen-bond donors (Lipinski definition) is 2. The van der Waals surface area contributed by atoms with Gasteiger partial charge in [0.1, 0.15) is 18.0 Å². The van der Waals surface area contributed by atoms with Crippen molar-refractivity contribution < 1.29 is 4.79 Å². The van der Waals surface area contributed by atoms with Crippen LogP contribution in [0.15, 0.2) is 42.9 Å². The van der Waals surface area contributed by atoms with Gasteiger partial charge in [-0.15, -0.1) is 0 Å². The molecule has 0 unspecified atom stereocenters. The van der Waals surface area contributed by atoms with E-state index in [2.05, 4.69) is 39.0 Å². The van der Waals surface area contributed by atoms with E-state index in [9.17, 15) is 4.79 Å². The lowest BCUT2D eigenvalue weighted by Gasteiger charge is -2.44. The van der Waals surface area contributed by atoms with Gasteiger partial charge in [-0.1, -0.05) is 37.2 Å². The molecule has 2 aromatic rings. The van der Waals surface area contributed by atoms with Gasteiger partial charge in [0.05, 0.1) is 5.41 Å². The molecular formula is C25H31ClN6O. The van der Waals surface area contributed by atoms with Crippen molar-refractivity contribution in [2.24, 2.45) is 0 Å². The Kier molecular flexibility index (Phi) is 6.01. The maximum Gasteiger partial charge on any atom is 0.233 e. The highest BCUT2D eigenvalue weighted by atomic mass is 35.5. The Morgan fingerprint density at radius 2 is 1.82 bits per heavy atom. The first kappa shape index (κ1) is 22.2. The number of halogens is 1. The van der Waals surface area contributed by atoms with Crippen molar-refractivity contribution in [1.29, 1.82) is 0 Å². The minimum Gasteiger partial charge on any atom is -0.353 e. The van der Waals surface area contributed by atoms with Crippen LogP contribution in [0.2, 0.25) is 5.02 Å². The van der Waals surface area contributed by atoms with Crippen LogP contribution in [0.25, 0.3) is 0 Å². The summed E-state index contributed by atoms with van der Waals surface area (Å²) in [6, 6.07) is 7.84. The number of rotatable bonds is 3. The lowest BCUT2D eigenvalue weighted by Crippen LogP contribution is -2.57. The van der Waals surface area contributed by atoms with Crippen LogP contribution >= 0.6 is 11.6 Å². The number of hydrogen-bond acceptors (Lipinski definition) is 6. The highest BCUT2D eigenvalue weighted by Crippen LogP contribution is 2.40. The molecule has 3 aliphatic heterocycles. The molecule has 1 aromatic heterocycles. The number of nitrogens with zero attached hydrogens (tertiary/aromatic N) is 4. The Morgan fingerprint density at radius 1 is 1.12 bits per heavy atom. The van der Waals surface area contributed by atoms with Gasteiger partial charge in [0.15, 0.2) is 0 Å². The van der Waals surface area contributed by atoms with Crippen LogP contribution in [-0.4, -0.2) is 60.0 Å². The van der Waals surface area contributed by atoms with E-state index in [0.717, 1.165) is 73.9 Å². The van der Waals surface area contributed by atoms with Gasteiger partial charge >= 0.3 is 0 Å². The molecule has 1 amide bonds. The number of carbonyl (C=O) groups is 1. The average Bonchev–Trinajstić information content (AvgIpc) is 2.84. The predicted molar refractivity (Wildman–Crippen MR) is 132 cm³/mol. The average molecular weight is 467 g/mol. The molecule has 0 aliphatic carbocycles. The quantitative estimate of drug-likeness (QED) is 0.720. The largest absolute Gasteiger partial charge is 0.353 e. The van der Waals surface area contributed by atoms with Crippen LogP contribution in [0, 0.1) is 0 Å². The fourth-order valence-corrected chi connectivity index (χ4v) is 5.68. The van der Waals surface area contributed by atoms with Crippen molar-refractivity contribution in [2.45, 2.75) is 37.5 Å². The van der Waals surface area contributed by atoms with E-state index < -0.39 is 5.41 Å². The summed E-state index contributed by atoms with van der Waals surface area (Å²) >= 11 is 6.13. The van der Waals surface area contributed by atoms with Crippen molar-refractivity contribution in [1.82, 2.24) is 20.2 Å². The molecule has 0 radical (unpaired) electrons. The van der Waals surface area contributed by atoms with Gasteiger partial charge in [-0.2, -0.15) is 0 Å². The Labute approximate surface area is 200 Å². The van der Waals surface area contributed by atoms with Gasteiger partial charge in [-0.25, -0.2) is 9.97 Å². The zero-order valence-electron chi connectivity index (χ0n) is 19.1. The van der Waals surface area contributed by atoms with E-state index in [4.69, 9.17) is 11.6 Å². The molecule has 3 aliphatic rings. The maximum absolute atomic E-state index is 13.9. The molecule has 2 fully saturated rings. The topological polar surface area (TPSA) is 73.4 Å². The molecule has 7 nitrogen and oxygen atoms in total. The van der Waals surface area contributed by atoms with Gasteiger partial charge in [0.2, 0.25) is 5.91 Å². The van der Waals surface area contributed by atoms with Gasteiger partial charge in [-0.05, 0) is 56.0 Å². The summed E-state index contributed by atoms with van der Waals surface area (Å²) in [7, 11) is 0. The summed E-state index contributed by atoms with van der Waals surface area (Å²) in [5.74, 6) is 2.39. The molecule has 0 bridgehead atoms. The fraction of sp³-hybridized carbons (Fsp3) is 0.480. The number of carbonyl (C=O) groups excluding carboxylic acids is 1. The summed E-state index contributed by atoms with van der Waals surface area (Å²) in [4.78, 5) is 27.4. The maximum atomic E-state index is 13.9. The molecule has 5 rings (SSSR count). The van der Waals surface area contributed by atoms with E-state index in [1.165, 1.54) is 0 Å². The number of anilines is 2. The first-order chi connectivity index (χ1) is 16.0. The van der Waals surface area contributed by atoms with Crippen LogP contribution in [-0.2, 0) is 10.2 Å². The number of nitrogens with one attached hydrogen (secondary N) is 2. The van der Waals surface area contributed by atoms with E-state index in [1.54, 1.807) is 6.33 Å². The molecule has 33 heavy (non-hydrogen) atoms. The van der Waals surface area contributed by atoms with Crippen LogP contribution < -0.4 is 15.5 Å². The molecule has 8 heteroatoms. The number of piperidine rings is 1. The Morgan fingerprint density at radius 3 is 2.52 bits per heavy atom. The monoisotopic (exact) mass is 466 g/mol. The molecule has 0 saturated carbocycles. The fourth-order valence-electron chi connectivity index (χ4n) is 5.55. The summed E-state index contributed by atoms with van der Waals surface area (Å²) in [6.45, 7) is 10.9. The lowest BCUT2D eigenvalue weighted by molar-refractivity contribution is -0.139. The second-order valence-electron chi connectivity index (χ2n) is 9.41.